The Morgan fingerprint density at radius 3 is 2.23 bits per heavy atom. The maximum absolute atomic E-state index is 12.3. The van der Waals surface area contributed by atoms with Crippen LogP contribution in [-0.4, -0.2) is 39.8 Å². The van der Waals surface area contributed by atoms with Gasteiger partial charge in [-0.1, -0.05) is 11.6 Å². The van der Waals surface area contributed by atoms with Crippen molar-refractivity contribution in [3.05, 3.63) is 35.2 Å². The smallest absolute Gasteiger partial charge is 0.274 e. The molecule has 0 bridgehead atoms. The Morgan fingerprint density at radius 1 is 1.08 bits per heavy atom. The fourth-order valence-corrected chi connectivity index (χ4v) is 3.72. The van der Waals surface area contributed by atoms with E-state index >= 15 is 0 Å². The van der Waals surface area contributed by atoms with E-state index in [-0.39, 0.29) is 17.3 Å². The van der Waals surface area contributed by atoms with Gasteiger partial charge < -0.3 is 10.1 Å². The Bertz CT molecular complexity index is 1090. The zero-order valence-corrected chi connectivity index (χ0v) is 15.4. The van der Waals surface area contributed by atoms with Gasteiger partial charge in [0, 0.05) is 6.07 Å². The van der Waals surface area contributed by atoms with Crippen LogP contribution in [0, 0.1) is 0 Å². The van der Waals surface area contributed by atoms with Gasteiger partial charge in [-0.15, -0.1) is 0 Å². The summed E-state index contributed by atoms with van der Waals surface area (Å²) in [5.74, 6) is -0.741. The number of hydrogen-bond donors (Lipinski definition) is 3. The van der Waals surface area contributed by atoms with Gasteiger partial charge in [-0.3, -0.25) is 4.79 Å². The van der Waals surface area contributed by atoms with Crippen LogP contribution in [0.2, 0.25) is 5.02 Å². The minimum atomic E-state index is -4.42. The van der Waals surface area contributed by atoms with Crippen LogP contribution in [-0.2, 0) is 20.0 Å². The molecule has 1 aromatic heterocycles. The highest BCUT2D eigenvalue weighted by Gasteiger charge is 2.24. The van der Waals surface area contributed by atoms with E-state index in [0.29, 0.717) is 6.07 Å². The lowest BCUT2D eigenvalue weighted by atomic mass is 10.3. The SMILES string of the molecule is COc1cc(C(=O)Nc2cc(Cl)c(S(N)(=O)=O)cc2S(N)(=O)=O)ncn1. The van der Waals surface area contributed by atoms with Gasteiger partial charge in [-0.2, -0.15) is 0 Å². The van der Waals surface area contributed by atoms with Crippen molar-refractivity contribution in [3.63, 3.8) is 0 Å². The summed E-state index contributed by atoms with van der Waals surface area (Å²) >= 11 is 5.82. The number of nitrogens with zero attached hydrogens (tertiary/aromatic N) is 2. The van der Waals surface area contributed by atoms with Gasteiger partial charge in [-0.05, 0) is 12.1 Å². The normalized spacial score (nSPS) is 11.8. The minimum absolute atomic E-state index is 0.0967. The number of carbonyl (C=O) groups is 1. The molecule has 5 N–H and O–H groups in total. The Hall–Kier alpha value is -2.32. The summed E-state index contributed by atoms with van der Waals surface area (Å²) in [5, 5.41) is 11.9. The van der Waals surface area contributed by atoms with E-state index in [1.807, 2.05) is 0 Å². The van der Waals surface area contributed by atoms with Gasteiger partial charge in [-0.25, -0.2) is 37.1 Å². The van der Waals surface area contributed by atoms with E-state index in [9.17, 15) is 21.6 Å². The molecule has 0 unspecified atom stereocenters. The molecule has 1 aromatic carbocycles. The van der Waals surface area contributed by atoms with E-state index in [1.165, 1.54) is 13.2 Å². The summed E-state index contributed by atoms with van der Waals surface area (Å²) in [7, 11) is -7.42. The van der Waals surface area contributed by atoms with Crippen LogP contribution in [0.5, 0.6) is 5.88 Å². The first-order valence-corrected chi connectivity index (χ1v) is 9.97. The molecule has 0 fully saturated rings. The number of anilines is 1. The molecule has 14 heteroatoms. The Morgan fingerprint density at radius 2 is 1.69 bits per heavy atom. The molecule has 0 aliphatic carbocycles. The second kappa shape index (κ2) is 7.13. The molecular formula is C12H12ClN5O6S2. The van der Waals surface area contributed by atoms with Crippen LogP contribution >= 0.6 is 11.6 Å². The molecule has 0 spiro atoms. The summed E-state index contributed by atoms with van der Waals surface area (Å²) in [5.41, 5.74) is -0.503. The standard InChI is InChI=1S/C12H12ClN5O6S2/c1-24-11-3-8(16-5-17-11)12(19)18-7-2-6(13)9(25(14,20)21)4-10(7)26(15,22)23/h2-5H,1H3,(H,18,19)(H2,14,20,21)(H2,15,22,23). The molecule has 1 amide bonds. The number of methoxy groups -OCH3 is 1. The first-order valence-electron chi connectivity index (χ1n) is 6.50. The lowest BCUT2D eigenvalue weighted by molar-refractivity contribution is 0.102. The number of sulfonamides is 2. The fraction of sp³-hybridized carbons (Fsp3) is 0.0833. The monoisotopic (exact) mass is 421 g/mol. The van der Waals surface area contributed by atoms with Crippen molar-refractivity contribution in [3.8, 4) is 5.88 Å². The van der Waals surface area contributed by atoms with Crippen LogP contribution in [0.1, 0.15) is 10.5 Å². The first kappa shape index (κ1) is 20.0. The van der Waals surface area contributed by atoms with E-state index in [1.54, 1.807) is 0 Å². The number of amides is 1. The molecule has 0 aliphatic heterocycles. The van der Waals surface area contributed by atoms with Gasteiger partial charge >= 0.3 is 0 Å². The summed E-state index contributed by atoms with van der Waals surface area (Å²) in [4.78, 5) is 18.4. The number of benzene rings is 1. The van der Waals surface area contributed by atoms with Gasteiger partial charge in [0.25, 0.3) is 5.91 Å². The number of primary sulfonamides is 2. The highest BCUT2D eigenvalue weighted by molar-refractivity contribution is 7.90. The van der Waals surface area contributed by atoms with Crippen LogP contribution in [0.4, 0.5) is 5.69 Å². The average molecular weight is 422 g/mol. The number of ether oxygens (including phenoxy) is 1. The van der Waals surface area contributed by atoms with Crippen molar-refractivity contribution in [1.29, 1.82) is 0 Å². The molecular weight excluding hydrogens is 410 g/mol. The molecule has 2 rings (SSSR count). The predicted molar refractivity (Wildman–Crippen MR) is 90.7 cm³/mol. The lowest BCUT2D eigenvalue weighted by Crippen LogP contribution is -2.21. The summed E-state index contributed by atoms with van der Waals surface area (Å²) in [6.07, 6.45) is 1.06. The van der Waals surface area contributed by atoms with Crippen LogP contribution in [0.15, 0.2) is 34.3 Å². The van der Waals surface area contributed by atoms with E-state index in [0.717, 1.165) is 12.4 Å². The Balaban J connectivity index is 2.55. The largest absolute Gasteiger partial charge is 0.481 e. The van der Waals surface area contributed by atoms with Crippen LogP contribution in [0.3, 0.4) is 0 Å². The first-order chi connectivity index (χ1) is 11.9. The van der Waals surface area contributed by atoms with Crippen molar-refractivity contribution in [2.45, 2.75) is 9.79 Å². The van der Waals surface area contributed by atoms with Crippen molar-refractivity contribution < 1.29 is 26.4 Å². The van der Waals surface area contributed by atoms with Crippen molar-refractivity contribution in [2.75, 3.05) is 12.4 Å². The summed E-state index contributed by atoms with van der Waals surface area (Å²) in [6.45, 7) is 0. The third-order valence-electron chi connectivity index (χ3n) is 2.98. The minimum Gasteiger partial charge on any atom is -0.481 e. The van der Waals surface area contributed by atoms with Crippen molar-refractivity contribution in [2.24, 2.45) is 10.3 Å². The highest BCUT2D eigenvalue weighted by Crippen LogP contribution is 2.30. The zero-order valence-electron chi connectivity index (χ0n) is 13.0. The molecule has 0 radical (unpaired) electrons. The highest BCUT2D eigenvalue weighted by atomic mass is 35.5. The third kappa shape index (κ3) is 4.44. The number of carbonyl (C=O) groups excluding carboxylic acids is 1. The van der Waals surface area contributed by atoms with Crippen LogP contribution < -0.4 is 20.3 Å². The molecule has 140 valence electrons. The number of hydrogen-bond acceptors (Lipinski definition) is 8. The molecule has 26 heavy (non-hydrogen) atoms. The lowest BCUT2D eigenvalue weighted by Gasteiger charge is -2.12. The Labute approximate surface area is 153 Å². The van der Waals surface area contributed by atoms with Crippen molar-refractivity contribution >= 4 is 43.2 Å². The maximum atomic E-state index is 12.3. The van der Waals surface area contributed by atoms with Gasteiger partial charge in [0.15, 0.2) is 0 Å². The van der Waals surface area contributed by atoms with Gasteiger partial charge in [0.05, 0.1) is 17.8 Å². The number of rotatable bonds is 5. The second-order valence-electron chi connectivity index (χ2n) is 4.77. The molecule has 11 nitrogen and oxygen atoms in total. The number of nitrogens with two attached hydrogens (primary N) is 2. The maximum Gasteiger partial charge on any atom is 0.274 e. The molecule has 0 atom stereocenters. The zero-order chi connectivity index (χ0) is 19.7. The van der Waals surface area contributed by atoms with E-state index in [2.05, 4.69) is 15.3 Å². The molecule has 0 saturated carbocycles. The number of nitrogens with one attached hydrogen (secondary N) is 1. The number of halogens is 1. The summed E-state index contributed by atoms with van der Waals surface area (Å²) in [6, 6.07) is 2.76. The summed E-state index contributed by atoms with van der Waals surface area (Å²) < 4.78 is 51.4. The predicted octanol–water partition coefficient (Wildman–Crippen LogP) is -0.314. The fourth-order valence-electron chi connectivity index (χ4n) is 1.85. The average Bonchev–Trinajstić information content (AvgIpc) is 2.52. The molecule has 1 heterocycles. The molecule has 0 saturated heterocycles. The topological polar surface area (TPSA) is 184 Å². The van der Waals surface area contributed by atoms with Gasteiger partial charge in [0.1, 0.15) is 21.8 Å². The second-order valence-corrected chi connectivity index (χ2v) is 8.24. The van der Waals surface area contributed by atoms with E-state index in [4.69, 9.17) is 26.6 Å². The van der Waals surface area contributed by atoms with Gasteiger partial charge in [0.2, 0.25) is 25.9 Å². The van der Waals surface area contributed by atoms with E-state index < -0.39 is 40.8 Å². The van der Waals surface area contributed by atoms with Crippen molar-refractivity contribution in [1.82, 2.24) is 9.97 Å². The quantitative estimate of drug-likeness (QED) is 0.586. The Kier molecular flexibility index (Phi) is 5.48. The van der Waals surface area contributed by atoms with Crippen LogP contribution in [0.25, 0.3) is 0 Å². The third-order valence-corrected chi connectivity index (χ3v) is 5.31. The number of aromatic nitrogens is 2. The molecule has 2 aromatic rings. The molecule has 0 aliphatic rings.